The van der Waals surface area contributed by atoms with E-state index in [4.69, 9.17) is 19.2 Å². The molecule has 0 radical (unpaired) electrons. The van der Waals surface area contributed by atoms with Crippen LogP contribution in [0.5, 0.6) is 17.2 Å². The number of unbranched alkanes of at least 4 members (excludes halogenated alkanes) is 1. The Morgan fingerprint density at radius 1 is 1.03 bits per heavy atom. The van der Waals surface area contributed by atoms with Crippen LogP contribution in [0, 0.1) is 11.8 Å². The van der Waals surface area contributed by atoms with Crippen LogP contribution in [0.25, 0.3) is 0 Å². The van der Waals surface area contributed by atoms with Crippen LogP contribution in [0.2, 0.25) is 0 Å². The molecule has 2 heterocycles. The van der Waals surface area contributed by atoms with Gasteiger partial charge in [0.25, 0.3) is 0 Å². The van der Waals surface area contributed by atoms with Crippen molar-refractivity contribution in [1.29, 1.82) is 0 Å². The molecule has 190 valence electrons. The Morgan fingerprint density at radius 3 is 2.61 bits per heavy atom. The van der Waals surface area contributed by atoms with Crippen molar-refractivity contribution in [3.8, 4) is 17.2 Å². The maximum absolute atomic E-state index is 9.81. The molecule has 3 aromatic rings. The standard InChI is InChI=1S/C31H37NO4/c1-5-6-7-23-9-11-26-29(21-8-13-27-28(16-21)36-18-35-27)20(3)30(31(26)32-23)25-12-10-24(34-4)15-22(25)14-19(2)17-33/h8-13,15-16,19-20,29-30,33H,5-7,14,17-18H2,1-4H3/t19-,20+,29-,30+/m0/s1. The summed E-state index contributed by atoms with van der Waals surface area (Å²) < 4.78 is 16.9. The van der Waals surface area contributed by atoms with Crippen molar-refractivity contribution in [3.05, 3.63) is 82.2 Å². The van der Waals surface area contributed by atoms with Crippen molar-refractivity contribution in [2.24, 2.45) is 11.8 Å². The summed E-state index contributed by atoms with van der Waals surface area (Å²) in [7, 11) is 1.71. The third-order valence-electron chi connectivity index (χ3n) is 7.80. The third kappa shape index (κ3) is 4.57. The number of hydrogen-bond acceptors (Lipinski definition) is 5. The number of benzene rings is 2. The summed E-state index contributed by atoms with van der Waals surface area (Å²) in [4.78, 5) is 5.29. The molecule has 0 unspecified atom stereocenters. The number of ether oxygens (including phenoxy) is 3. The van der Waals surface area contributed by atoms with Gasteiger partial charge in [0.1, 0.15) is 5.75 Å². The zero-order chi connectivity index (χ0) is 25.2. The van der Waals surface area contributed by atoms with E-state index in [0.717, 1.165) is 48.6 Å². The van der Waals surface area contributed by atoms with Crippen molar-refractivity contribution in [1.82, 2.24) is 4.98 Å². The molecule has 1 aliphatic carbocycles. The van der Waals surface area contributed by atoms with E-state index < -0.39 is 0 Å². The highest BCUT2D eigenvalue weighted by atomic mass is 16.7. The molecule has 5 rings (SSSR count). The summed E-state index contributed by atoms with van der Waals surface area (Å²) in [5.74, 6) is 3.30. The molecule has 2 aliphatic rings. The molecule has 0 spiro atoms. The predicted octanol–water partition coefficient (Wildman–Crippen LogP) is 6.25. The molecular weight excluding hydrogens is 450 g/mol. The number of nitrogens with zero attached hydrogens (tertiary/aromatic N) is 1. The van der Waals surface area contributed by atoms with Gasteiger partial charge >= 0.3 is 0 Å². The van der Waals surface area contributed by atoms with E-state index in [9.17, 15) is 5.11 Å². The van der Waals surface area contributed by atoms with E-state index in [2.05, 4.69) is 63.2 Å². The van der Waals surface area contributed by atoms with Crippen LogP contribution in [0.15, 0.2) is 48.5 Å². The molecule has 1 N–H and O–H groups in total. The first kappa shape index (κ1) is 24.6. The highest BCUT2D eigenvalue weighted by Gasteiger charge is 2.42. The van der Waals surface area contributed by atoms with Crippen LogP contribution >= 0.6 is 0 Å². The van der Waals surface area contributed by atoms with Crippen LogP contribution in [-0.2, 0) is 12.8 Å². The maximum atomic E-state index is 9.81. The molecule has 2 aromatic carbocycles. The van der Waals surface area contributed by atoms with E-state index in [0.29, 0.717) is 5.92 Å². The van der Waals surface area contributed by atoms with E-state index in [-0.39, 0.29) is 31.2 Å². The van der Waals surface area contributed by atoms with Crippen LogP contribution in [0.3, 0.4) is 0 Å². The number of methoxy groups -OCH3 is 1. The van der Waals surface area contributed by atoms with Crippen molar-refractivity contribution in [3.63, 3.8) is 0 Å². The van der Waals surface area contributed by atoms with Gasteiger partial charge in [0, 0.05) is 24.1 Å². The summed E-state index contributed by atoms with van der Waals surface area (Å²) in [6, 6.07) is 17.3. The van der Waals surface area contributed by atoms with Crippen LogP contribution in [0.1, 0.15) is 79.1 Å². The topological polar surface area (TPSA) is 60.8 Å². The second kappa shape index (κ2) is 10.5. The van der Waals surface area contributed by atoms with Gasteiger partial charge in [-0.1, -0.05) is 45.4 Å². The van der Waals surface area contributed by atoms with Gasteiger partial charge in [0.2, 0.25) is 6.79 Å². The second-order valence-electron chi connectivity index (χ2n) is 10.4. The fraction of sp³-hybridized carbons (Fsp3) is 0.452. The lowest BCUT2D eigenvalue weighted by Crippen LogP contribution is -2.15. The Labute approximate surface area is 214 Å². The Kier molecular flexibility index (Phi) is 7.20. The van der Waals surface area contributed by atoms with Gasteiger partial charge in [-0.15, -0.1) is 0 Å². The van der Waals surface area contributed by atoms with Gasteiger partial charge in [-0.2, -0.15) is 0 Å². The van der Waals surface area contributed by atoms with Crippen LogP contribution < -0.4 is 14.2 Å². The molecule has 0 saturated carbocycles. The highest BCUT2D eigenvalue weighted by Crippen LogP contribution is 2.53. The number of aliphatic hydroxyl groups excluding tert-OH is 1. The lowest BCUT2D eigenvalue weighted by Gasteiger charge is -2.25. The van der Waals surface area contributed by atoms with E-state index in [1.165, 1.54) is 27.9 Å². The molecule has 4 atom stereocenters. The minimum atomic E-state index is 0.156. The van der Waals surface area contributed by atoms with Crippen LogP contribution in [0.4, 0.5) is 0 Å². The van der Waals surface area contributed by atoms with Crippen molar-refractivity contribution in [2.45, 2.75) is 58.3 Å². The summed E-state index contributed by atoms with van der Waals surface area (Å²) in [6.45, 7) is 7.09. The molecule has 0 amide bonds. The third-order valence-corrected chi connectivity index (χ3v) is 7.80. The lowest BCUT2D eigenvalue weighted by molar-refractivity contribution is 0.174. The quantitative estimate of drug-likeness (QED) is 0.387. The smallest absolute Gasteiger partial charge is 0.231 e. The number of rotatable bonds is 9. The molecule has 1 aromatic heterocycles. The average Bonchev–Trinajstić information content (AvgIpc) is 3.48. The minimum Gasteiger partial charge on any atom is -0.497 e. The Bertz CT molecular complexity index is 1220. The summed E-state index contributed by atoms with van der Waals surface area (Å²) in [6.07, 6.45) is 4.09. The summed E-state index contributed by atoms with van der Waals surface area (Å²) >= 11 is 0. The fourth-order valence-electron chi connectivity index (χ4n) is 5.91. The average molecular weight is 488 g/mol. The molecule has 1 aliphatic heterocycles. The summed E-state index contributed by atoms with van der Waals surface area (Å²) in [5.41, 5.74) is 7.39. The monoisotopic (exact) mass is 487 g/mol. The first-order valence-corrected chi connectivity index (χ1v) is 13.2. The van der Waals surface area contributed by atoms with Crippen molar-refractivity contribution < 1.29 is 19.3 Å². The van der Waals surface area contributed by atoms with Gasteiger partial charge in [0.05, 0.1) is 12.8 Å². The molecule has 5 nitrogen and oxygen atoms in total. The van der Waals surface area contributed by atoms with E-state index in [1.54, 1.807) is 7.11 Å². The number of aliphatic hydroxyl groups is 1. The molecule has 0 fully saturated rings. The zero-order valence-electron chi connectivity index (χ0n) is 21.8. The van der Waals surface area contributed by atoms with Gasteiger partial charge in [-0.3, -0.25) is 4.98 Å². The van der Waals surface area contributed by atoms with Gasteiger partial charge in [-0.05, 0) is 83.7 Å². The Morgan fingerprint density at radius 2 is 1.83 bits per heavy atom. The van der Waals surface area contributed by atoms with Gasteiger partial charge < -0.3 is 19.3 Å². The normalized spacial score (nSPS) is 20.9. The maximum Gasteiger partial charge on any atom is 0.231 e. The number of aromatic nitrogens is 1. The molecule has 0 saturated heterocycles. The Hall–Kier alpha value is -3.05. The van der Waals surface area contributed by atoms with Gasteiger partial charge in [-0.25, -0.2) is 0 Å². The minimum absolute atomic E-state index is 0.156. The fourth-order valence-corrected chi connectivity index (χ4v) is 5.91. The molecule has 5 heteroatoms. The number of aryl methyl sites for hydroxylation is 1. The largest absolute Gasteiger partial charge is 0.497 e. The molecule has 36 heavy (non-hydrogen) atoms. The second-order valence-corrected chi connectivity index (χ2v) is 10.4. The molecule has 0 bridgehead atoms. The number of fused-ring (bicyclic) bond motifs is 2. The SMILES string of the molecule is CCCCc1ccc2c(n1)[C@@H](c1ccc(OC)cc1C[C@H](C)CO)[C@H](C)[C@H]2c1ccc2c(c1)OCO2. The van der Waals surface area contributed by atoms with Crippen LogP contribution in [-0.4, -0.2) is 30.6 Å². The Balaban J connectivity index is 1.63. The van der Waals surface area contributed by atoms with E-state index >= 15 is 0 Å². The first-order chi connectivity index (χ1) is 17.5. The highest BCUT2D eigenvalue weighted by molar-refractivity contribution is 5.54. The zero-order valence-corrected chi connectivity index (χ0v) is 21.8. The van der Waals surface area contributed by atoms with Crippen molar-refractivity contribution in [2.75, 3.05) is 20.5 Å². The van der Waals surface area contributed by atoms with E-state index in [1.807, 2.05) is 6.07 Å². The lowest BCUT2D eigenvalue weighted by atomic mass is 9.79. The van der Waals surface area contributed by atoms with Crippen molar-refractivity contribution >= 4 is 0 Å². The number of pyridine rings is 1. The predicted molar refractivity (Wildman–Crippen MR) is 141 cm³/mol. The summed E-state index contributed by atoms with van der Waals surface area (Å²) in [5, 5.41) is 9.81. The molecular formula is C31H37NO4. The number of hydrogen-bond donors (Lipinski definition) is 1. The van der Waals surface area contributed by atoms with Gasteiger partial charge in [0.15, 0.2) is 11.5 Å². The first-order valence-electron chi connectivity index (χ1n) is 13.2.